The minimum absolute atomic E-state index is 0.186. The average molecular weight is 236 g/mol. The molecule has 1 N–H and O–H groups in total. The minimum Gasteiger partial charge on any atom is -0.350 e. The number of halogens is 2. The zero-order valence-electron chi connectivity index (χ0n) is 8.96. The van der Waals surface area contributed by atoms with Crippen LogP contribution in [0.5, 0.6) is 0 Å². The van der Waals surface area contributed by atoms with Crippen LogP contribution in [-0.4, -0.2) is 5.91 Å². The smallest absolute Gasteiger partial charge is 0.240 e. The molecular weight excluding hydrogens is 226 g/mol. The number of carbonyl (C=O) groups is 1. The van der Waals surface area contributed by atoms with Gasteiger partial charge in [0.05, 0.1) is 6.07 Å². The molecule has 1 saturated carbocycles. The van der Waals surface area contributed by atoms with E-state index < -0.39 is 23.0 Å². The summed E-state index contributed by atoms with van der Waals surface area (Å²) in [5.74, 6) is -1.86. The third-order valence-electron chi connectivity index (χ3n) is 2.89. The highest BCUT2D eigenvalue weighted by atomic mass is 19.1. The Morgan fingerprint density at radius 3 is 2.47 bits per heavy atom. The fourth-order valence-electron chi connectivity index (χ4n) is 1.55. The highest BCUT2D eigenvalue weighted by Crippen LogP contribution is 2.45. The molecule has 88 valence electrons. The second-order valence-electron chi connectivity index (χ2n) is 4.08. The zero-order valence-corrected chi connectivity index (χ0v) is 8.96. The summed E-state index contributed by atoms with van der Waals surface area (Å²) in [5, 5.41) is 11.2. The molecule has 0 atom stereocenters. The Morgan fingerprint density at radius 2 is 2.00 bits per heavy atom. The molecule has 0 radical (unpaired) electrons. The van der Waals surface area contributed by atoms with Gasteiger partial charge in [0.25, 0.3) is 0 Å². The van der Waals surface area contributed by atoms with Gasteiger partial charge in [-0.2, -0.15) is 5.26 Å². The van der Waals surface area contributed by atoms with Gasteiger partial charge in [0.15, 0.2) is 0 Å². The Balaban J connectivity index is 2.04. The Morgan fingerprint density at radius 1 is 1.41 bits per heavy atom. The summed E-state index contributed by atoms with van der Waals surface area (Å²) in [5.41, 5.74) is -1.16. The fourth-order valence-corrected chi connectivity index (χ4v) is 1.55. The molecule has 1 fully saturated rings. The van der Waals surface area contributed by atoms with Crippen molar-refractivity contribution in [1.29, 1.82) is 5.26 Å². The molecule has 0 heterocycles. The van der Waals surface area contributed by atoms with Crippen LogP contribution in [0, 0.1) is 28.4 Å². The summed E-state index contributed by atoms with van der Waals surface area (Å²) in [7, 11) is 0. The lowest BCUT2D eigenvalue weighted by molar-refractivity contribution is -0.124. The lowest BCUT2D eigenvalue weighted by Gasteiger charge is -2.09. The van der Waals surface area contributed by atoms with Gasteiger partial charge in [-0.1, -0.05) is 6.07 Å². The second kappa shape index (κ2) is 4.13. The van der Waals surface area contributed by atoms with Crippen LogP contribution in [0.2, 0.25) is 0 Å². The first-order chi connectivity index (χ1) is 8.09. The molecule has 1 aliphatic rings. The molecule has 0 aromatic heterocycles. The van der Waals surface area contributed by atoms with E-state index in [0.717, 1.165) is 12.1 Å². The molecule has 0 unspecified atom stereocenters. The van der Waals surface area contributed by atoms with Crippen molar-refractivity contribution in [2.75, 3.05) is 0 Å². The number of nitriles is 1. The molecular formula is C12H10F2N2O. The molecule has 1 aliphatic carbocycles. The summed E-state index contributed by atoms with van der Waals surface area (Å²) in [4.78, 5) is 11.6. The first-order valence-corrected chi connectivity index (χ1v) is 5.21. The number of nitrogens with zero attached hydrogens (tertiary/aromatic N) is 1. The zero-order chi connectivity index (χ0) is 12.5. The molecule has 0 saturated heterocycles. The van der Waals surface area contributed by atoms with E-state index in [4.69, 9.17) is 5.26 Å². The Kier molecular flexibility index (Phi) is 2.80. The standard InChI is InChI=1S/C12H10F2N2O/c13-9-2-1-3-10(14)8(9)6-16-11(17)12(7-15)4-5-12/h1-3H,4-6H2,(H,16,17). The summed E-state index contributed by atoms with van der Waals surface area (Å²) in [6.07, 6.45) is 1.02. The predicted octanol–water partition coefficient (Wildman–Crippen LogP) is 1.88. The van der Waals surface area contributed by atoms with E-state index in [1.807, 2.05) is 6.07 Å². The maximum absolute atomic E-state index is 13.2. The Hall–Kier alpha value is -1.96. The van der Waals surface area contributed by atoms with E-state index in [1.165, 1.54) is 6.07 Å². The number of rotatable bonds is 3. The molecule has 1 amide bonds. The Labute approximate surface area is 97.1 Å². The van der Waals surface area contributed by atoms with Gasteiger partial charge in [-0.15, -0.1) is 0 Å². The third-order valence-corrected chi connectivity index (χ3v) is 2.89. The van der Waals surface area contributed by atoms with Gasteiger partial charge in [0, 0.05) is 12.1 Å². The van der Waals surface area contributed by atoms with Crippen LogP contribution >= 0.6 is 0 Å². The maximum atomic E-state index is 13.2. The molecule has 1 aromatic carbocycles. The van der Waals surface area contributed by atoms with Crippen LogP contribution in [0.3, 0.4) is 0 Å². The maximum Gasteiger partial charge on any atom is 0.240 e. The van der Waals surface area contributed by atoms with Crippen molar-refractivity contribution in [3.63, 3.8) is 0 Å². The van der Waals surface area contributed by atoms with Crippen LogP contribution in [0.25, 0.3) is 0 Å². The molecule has 1 aromatic rings. The van der Waals surface area contributed by atoms with E-state index in [2.05, 4.69) is 5.32 Å². The largest absolute Gasteiger partial charge is 0.350 e. The number of hydrogen-bond acceptors (Lipinski definition) is 2. The van der Waals surface area contributed by atoms with Gasteiger partial charge in [-0.25, -0.2) is 8.78 Å². The van der Waals surface area contributed by atoms with Crippen LogP contribution in [0.15, 0.2) is 18.2 Å². The predicted molar refractivity (Wildman–Crippen MR) is 55.5 cm³/mol. The van der Waals surface area contributed by atoms with Gasteiger partial charge in [-0.05, 0) is 25.0 Å². The number of benzene rings is 1. The van der Waals surface area contributed by atoms with Gasteiger partial charge >= 0.3 is 0 Å². The third kappa shape index (κ3) is 2.11. The minimum atomic E-state index is -0.971. The van der Waals surface area contributed by atoms with E-state index in [0.29, 0.717) is 12.8 Å². The molecule has 2 rings (SSSR count). The van der Waals surface area contributed by atoms with Crippen molar-refractivity contribution in [2.45, 2.75) is 19.4 Å². The summed E-state index contributed by atoms with van der Waals surface area (Å²) in [6.45, 7) is -0.235. The van der Waals surface area contributed by atoms with E-state index in [1.54, 1.807) is 0 Å². The highest BCUT2D eigenvalue weighted by molar-refractivity contribution is 5.88. The first kappa shape index (κ1) is 11.5. The Bertz CT molecular complexity index is 483. The lowest BCUT2D eigenvalue weighted by atomic mass is 10.1. The topological polar surface area (TPSA) is 52.9 Å². The molecule has 3 nitrogen and oxygen atoms in total. The number of carbonyl (C=O) groups excluding carboxylic acids is 1. The van der Waals surface area contributed by atoms with Crippen molar-refractivity contribution in [1.82, 2.24) is 5.32 Å². The number of amides is 1. The SMILES string of the molecule is N#CC1(C(=O)NCc2c(F)cccc2F)CC1. The average Bonchev–Trinajstić information content (AvgIpc) is 3.09. The lowest BCUT2D eigenvalue weighted by Crippen LogP contribution is -2.31. The molecule has 17 heavy (non-hydrogen) atoms. The summed E-state index contributed by atoms with van der Waals surface area (Å²) in [6, 6.07) is 5.43. The molecule has 0 spiro atoms. The molecule has 0 bridgehead atoms. The highest BCUT2D eigenvalue weighted by Gasteiger charge is 2.50. The van der Waals surface area contributed by atoms with Crippen molar-refractivity contribution >= 4 is 5.91 Å². The normalized spacial score (nSPS) is 16.1. The van der Waals surface area contributed by atoms with Gasteiger partial charge in [-0.3, -0.25) is 4.79 Å². The molecule has 5 heteroatoms. The van der Waals surface area contributed by atoms with Crippen molar-refractivity contribution in [2.24, 2.45) is 5.41 Å². The number of nitrogens with one attached hydrogen (secondary N) is 1. The van der Waals surface area contributed by atoms with E-state index >= 15 is 0 Å². The van der Waals surface area contributed by atoms with Crippen LogP contribution in [-0.2, 0) is 11.3 Å². The number of hydrogen-bond donors (Lipinski definition) is 1. The van der Waals surface area contributed by atoms with Crippen LogP contribution in [0.4, 0.5) is 8.78 Å². The van der Waals surface area contributed by atoms with Gasteiger partial charge in [0.2, 0.25) is 5.91 Å². The summed E-state index contributed by atoms with van der Waals surface area (Å²) < 4.78 is 26.5. The van der Waals surface area contributed by atoms with Crippen LogP contribution < -0.4 is 5.32 Å². The van der Waals surface area contributed by atoms with E-state index in [9.17, 15) is 13.6 Å². The second-order valence-corrected chi connectivity index (χ2v) is 4.08. The van der Waals surface area contributed by atoms with Gasteiger partial charge in [0.1, 0.15) is 17.0 Å². The van der Waals surface area contributed by atoms with Crippen molar-refractivity contribution < 1.29 is 13.6 Å². The van der Waals surface area contributed by atoms with Crippen molar-refractivity contribution in [3.05, 3.63) is 35.4 Å². The molecule has 0 aliphatic heterocycles. The van der Waals surface area contributed by atoms with Crippen molar-refractivity contribution in [3.8, 4) is 6.07 Å². The van der Waals surface area contributed by atoms with E-state index in [-0.39, 0.29) is 12.1 Å². The monoisotopic (exact) mass is 236 g/mol. The van der Waals surface area contributed by atoms with Crippen LogP contribution in [0.1, 0.15) is 18.4 Å². The van der Waals surface area contributed by atoms with Gasteiger partial charge < -0.3 is 5.32 Å². The fraction of sp³-hybridized carbons (Fsp3) is 0.333. The summed E-state index contributed by atoms with van der Waals surface area (Å²) >= 11 is 0. The first-order valence-electron chi connectivity index (χ1n) is 5.21. The quantitative estimate of drug-likeness (QED) is 0.871.